The first-order valence-corrected chi connectivity index (χ1v) is 6.66. The number of nitrogens with two attached hydrogens (primary N) is 1. The standard InChI is InChI=1S/C15H22N2O3/c1-17(9-5-8-15(19)20-2)14(18)10-12-6-3-4-7-13(12)11-16/h3-4,6-7H,5,8-11,16H2,1-2H3. The fourth-order valence-electron chi connectivity index (χ4n) is 1.91. The summed E-state index contributed by atoms with van der Waals surface area (Å²) < 4.78 is 4.56. The molecule has 0 spiro atoms. The van der Waals surface area contributed by atoms with Crippen LogP contribution < -0.4 is 5.73 Å². The van der Waals surface area contributed by atoms with Crippen LogP contribution >= 0.6 is 0 Å². The number of likely N-dealkylation sites (N-methyl/N-ethyl adjacent to an activating group) is 1. The van der Waals surface area contributed by atoms with Crippen molar-refractivity contribution in [2.24, 2.45) is 5.73 Å². The Morgan fingerprint density at radius 2 is 1.90 bits per heavy atom. The van der Waals surface area contributed by atoms with Gasteiger partial charge in [0.25, 0.3) is 0 Å². The number of carbonyl (C=O) groups excluding carboxylic acids is 2. The monoisotopic (exact) mass is 278 g/mol. The lowest BCUT2D eigenvalue weighted by Crippen LogP contribution is -2.30. The summed E-state index contributed by atoms with van der Waals surface area (Å²) in [6.45, 7) is 0.967. The molecule has 0 bridgehead atoms. The topological polar surface area (TPSA) is 72.6 Å². The van der Waals surface area contributed by atoms with E-state index in [1.807, 2.05) is 24.3 Å². The Morgan fingerprint density at radius 1 is 1.25 bits per heavy atom. The van der Waals surface area contributed by atoms with Crippen LogP contribution in [0, 0.1) is 0 Å². The van der Waals surface area contributed by atoms with Gasteiger partial charge in [0.1, 0.15) is 0 Å². The van der Waals surface area contributed by atoms with Crippen molar-refractivity contribution >= 4 is 11.9 Å². The highest BCUT2D eigenvalue weighted by molar-refractivity contribution is 5.79. The number of carbonyl (C=O) groups is 2. The zero-order valence-electron chi connectivity index (χ0n) is 12.1. The predicted molar refractivity (Wildman–Crippen MR) is 76.9 cm³/mol. The Hall–Kier alpha value is -1.88. The molecule has 0 fully saturated rings. The van der Waals surface area contributed by atoms with E-state index >= 15 is 0 Å². The van der Waals surface area contributed by atoms with E-state index in [-0.39, 0.29) is 11.9 Å². The maximum absolute atomic E-state index is 12.1. The van der Waals surface area contributed by atoms with Crippen molar-refractivity contribution in [3.8, 4) is 0 Å². The van der Waals surface area contributed by atoms with Gasteiger partial charge in [-0.1, -0.05) is 24.3 Å². The van der Waals surface area contributed by atoms with Crippen molar-refractivity contribution in [2.45, 2.75) is 25.8 Å². The average Bonchev–Trinajstić information content (AvgIpc) is 2.47. The highest BCUT2D eigenvalue weighted by Crippen LogP contribution is 2.10. The molecule has 1 aromatic rings. The predicted octanol–water partition coefficient (Wildman–Crippen LogP) is 1.10. The summed E-state index contributed by atoms with van der Waals surface area (Å²) in [6.07, 6.45) is 1.27. The Labute approximate surface area is 119 Å². The van der Waals surface area contributed by atoms with Crippen molar-refractivity contribution in [2.75, 3.05) is 20.7 Å². The number of esters is 1. The number of hydrogen-bond donors (Lipinski definition) is 1. The molecule has 20 heavy (non-hydrogen) atoms. The Bertz CT molecular complexity index is 460. The van der Waals surface area contributed by atoms with Gasteiger partial charge < -0.3 is 15.4 Å². The van der Waals surface area contributed by atoms with E-state index in [2.05, 4.69) is 4.74 Å². The molecule has 0 radical (unpaired) electrons. The van der Waals surface area contributed by atoms with Gasteiger partial charge in [-0.25, -0.2) is 0 Å². The van der Waals surface area contributed by atoms with Crippen LogP contribution in [0.25, 0.3) is 0 Å². The zero-order valence-corrected chi connectivity index (χ0v) is 12.1. The van der Waals surface area contributed by atoms with Crippen LogP contribution in [0.5, 0.6) is 0 Å². The van der Waals surface area contributed by atoms with Gasteiger partial charge in [0.05, 0.1) is 13.5 Å². The maximum Gasteiger partial charge on any atom is 0.305 e. The van der Waals surface area contributed by atoms with Crippen LogP contribution in [-0.4, -0.2) is 37.5 Å². The lowest BCUT2D eigenvalue weighted by Gasteiger charge is -2.17. The number of rotatable bonds is 7. The molecular formula is C15H22N2O3. The Balaban J connectivity index is 2.47. The summed E-state index contributed by atoms with van der Waals surface area (Å²) in [5, 5.41) is 0. The second kappa shape index (κ2) is 8.32. The fraction of sp³-hybridized carbons (Fsp3) is 0.467. The lowest BCUT2D eigenvalue weighted by atomic mass is 10.0. The molecule has 0 aliphatic heterocycles. The van der Waals surface area contributed by atoms with E-state index in [1.54, 1.807) is 11.9 Å². The van der Waals surface area contributed by atoms with E-state index in [9.17, 15) is 9.59 Å². The Kier molecular flexibility index (Phi) is 6.73. The van der Waals surface area contributed by atoms with Crippen molar-refractivity contribution in [1.82, 2.24) is 4.90 Å². The summed E-state index contributed by atoms with van der Waals surface area (Å²) in [5.41, 5.74) is 7.60. The smallest absolute Gasteiger partial charge is 0.305 e. The fourth-order valence-corrected chi connectivity index (χ4v) is 1.91. The van der Waals surface area contributed by atoms with Gasteiger partial charge in [-0.2, -0.15) is 0 Å². The molecule has 1 amide bonds. The third-order valence-electron chi connectivity index (χ3n) is 3.21. The largest absolute Gasteiger partial charge is 0.469 e. The summed E-state index contributed by atoms with van der Waals surface area (Å²) in [6, 6.07) is 7.66. The lowest BCUT2D eigenvalue weighted by molar-refractivity contribution is -0.141. The number of nitrogens with zero attached hydrogens (tertiary/aromatic N) is 1. The summed E-state index contributed by atoms with van der Waals surface area (Å²) >= 11 is 0. The summed E-state index contributed by atoms with van der Waals surface area (Å²) in [4.78, 5) is 24.7. The molecule has 1 aromatic carbocycles. The molecule has 1 rings (SSSR count). The van der Waals surface area contributed by atoms with E-state index in [0.29, 0.717) is 32.4 Å². The molecule has 110 valence electrons. The molecule has 0 saturated carbocycles. The molecule has 0 aromatic heterocycles. The third-order valence-corrected chi connectivity index (χ3v) is 3.21. The van der Waals surface area contributed by atoms with Crippen LogP contribution in [0.4, 0.5) is 0 Å². The second-order valence-corrected chi connectivity index (χ2v) is 4.64. The number of hydrogen-bond acceptors (Lipinski definition) is 4. The number of amides is 1. The second-order valence-electron chi connectivity index (χ2n) is 4.64. The highest BCUT2D eigenvalue weighted by Gasteiger charge is 2.12. The van der Waals surface area contributed by atoms with E-state index in [4.69, 9.17) is 5.73 Å². The summed E-state index contributed by atoms with van der Waals surface area (Å²) in [7, 11) is 3.10. The number of methoxy groups -OCH3 is 1. The maximum atomic E-state index is 12.1. The molecule has 0 aliphatic carbocycles. The molecular weight excluding hydrogens is 256 g/mol. The van der Waals surface area contributed by atoms with Gasteiger partial charge in [-0.3, -0.25) is 9.59 Å². The van der Waals surface area contributed by atoms with Gasteiger partial charge in [-0.15, -0.1) is 0 Å². The zero-order chi connectivity index (χ0) is 15.0. The third kappa shape index (κ3) is 5.01. The van der Waals surface area contributed by atoms with Gasteiger partial charge >= 0.3 is 5.97 Å². The quantitative estimate of drug-likeness (QED) is 0.758. The SMILES string of the molecule is COC(=O)CCCN(C)C(=O)Cc1ccccc1CN. The van der Waals surface area contributed by atoms with Gasteiger partial charge in [0, 0.05) is 26.6 Å². The van der Waals surface area contributed by atoms with Crippen molar-refractivity contribution in [3.63, 3.8) is 0 Å². The minimum Gasteiger partial charge on any atom is -0.469 e. The highest BCUT2D eigenvalue weighted by atomic mass is 16.5. The Morgan fingerprint density at radius 3 is 2.50 bits per heavy atom. The molecule has 0 aliphatic rings. The van der Waals surface area contributed by atoms with E-state index in [0.717, 1.165) is 11.1 Å². The number of benzene rings is 1. The minimum atomic E-state index is -0.251. The van der Waals surface area contributed by atoms with Gasteiger partial charge in [0.15, 0.2) is 0 Å². The average molecular weight is 278 g/mol. The van der Waals surface area contributed by atoms with Crippen LogP contribution in [0.15, 0.2) is 24.3 Å². The van der Waals surface area contributed by atoms with Crippen LogP contribution in [0.2, 0.25) is 0 Å². The van der Waals surface area contributed by atoms with E-state index < -0.39 is 0 Å². The number of ether oxygens (including phenoxy) is 1. The first kappa shape index (κ1) is 16.2. The van der Waals surface area contributed by atoms with Crippen molar-refractivity contribution in [1.29, 1.82) is 0 Å². The van der Waals surface area contributed by atoms with Crippen LogP contribution in [0.1, 0.15) is 24.0 Å². The molecule has 0 heterocycles. The van der Waals surface area contributed by atoms with Crippen LogP contribution in [-0.2, 0) is 27.3 Å². The van der Waals surface area contributed by atoms with Gasteiger partial charge in [-0.05, 0) is 17.5 Å². The molecule has 0 saturated heterocycles. The van der Waals surface area contributed by atoms with E-state index in [1.165, 1.54) is 7.11 Å². The molecule has 5 nitrogen and oxygen atoms in total. The van der Waals surface area contributed by atoms with Gasteiger partial charge in [0.2, 0.25) is 5.91 Å². The molecule has 5 heteroatoms. The van der Waals surface area contributed by atoms with Crippen molar-refractivity contribution in [3.05, 3.63) is 35.4 Å². The molecule has 0 unspecified atom stereocenters. The normalized spacial score (nSPS) is 10.2. The van der Waals surface area contributed by atoms with Crippen LogP contribution in [0.3, 0.4) is 0 Å². The first-order chi connectivity index (χ1) is 9.58. The molecule has 2 N–H and O–H groups in total. The summed E-state index contributed by atoms with van der Waals surface area (Å²) in [5.74, 6) is -0.227. The first-order valence-electron chi connectivity index (χ1n) is 6.66. The molecule has 0 atom stereocenters. The minimum absolute atomic E-state index is 0.0239. The van der Waals surface area contributed by atoms with Crippen molar-refractivity contribution < 1.29 is 14.3 Å².